The Morgan fingerprint density at radius 2 is 2.22 bits per heavy atom. The lowest BCUT2D eigenvalue weighted by atomic mass is 9.91. The number of hydrogen-bond donors (Lipinski definition) is 1. The van der Waals surface area contributed by atoms with E-state index in [1.165, 1.54) is 19.3 Å². The molecule has 3 nitrogen and oxygen atoms in total. The van der Waals surface area contributed by atoms with Gasteiger partial charge in [0, 0.05) is 30.0 Å². The van der Waals surface area contributed by atoms with E-state index in [-0.39, 0.29) is 0 Å². The molecule has 1 spiro atoms. The molecule has 1 amide bonds. The highest BCUT2D eigenvalue weighted by Crippen LogP contribution is 2.59. The van der Waals surface area contributed by atoms with E-state index in [4.69, 9.17) is 0 Å². The highest BCUT2D eigenvalue weighted by atomic mass is 32.2. The van der Waals surface area contributed by atoms with Crippen LogP contribution in [-0.4, -0.2) is 48.0 Å². The summed E-state index contributed by atoms with van der Waals surface area (Å²) in [5.74, 6) is 1.96. The minimum atomic E-state index is 0.361. The number of thioether (sulfide) groups is 1. The SMILES string of the molecule is CCC1CN(C(=O)C2CC23CCNCC3)CCS1. The summed E-state index contributed by atoms with van der Waals surface area (Å²) in [5.41, 5.74) is 0.397. The molecule has 1 N–H and O–H groups in total. The molecule has 0 aromatic rings. The van der Waals surface area contributed by atoms with Crippen molar-refractivity contribution < 1.29 is 4.79 Å². The summed E-state index contributed by atoms with van der Waals surface area (Å²) >= 11 is 2.04. The summed E-state index contributed by atoms with van der Waals surface area (Å²) in [4.78, 5) is 14.8. The maximum atomic E-state index is 12.6. The van der Waals surface area contributed by atoms with E-state index in [1.807, 2.05) is 11.8 Å². The van der Waals surface area contributed by atoms with E-state index < -0.39 is 0 Å². The lowest BCUT2D eigenvalue weighted by molar-refractivity contribution is -0.133. The van der Waals surface area contributed by atoms with Crippen molar-refractivity contribution in [3.63, 3.8) is 0 Å². The van der Waals surface area contributed by atoms with Crippen LogP contribution in [0, 0.1) is 11.3 Å². The molecule has 3 fully saturated rings. The van der Waals surface area contributed by atoms with Crippen molar-refractivity contribution in [3.8, 4) is 0 Å². The third-order valence-electron chi connectivity index (χ3n) is 4.99. The molecule has 18 heavy (non-hydrogen) atoms. The van der Waals surface area contributed by atoms with Crippen LogP contribution in [0.4, 0.5) is 0 Å². The van der Waals surface area contributed by atoms with Crippen molar-refractivity contribution in [3.05, 3.63) is 0 Å². The Morgan fingerprint density at radius 3 is 2.94 bits per heavy atom. The Hall–Kier alpha value is -0.220. The molecule has 2 saturated heterocycles. The molecule has 2 unspecified atom stereocenters. The van der Waals surface area contributed by atoms with Crippen LogP contribution in [0.15, 0.2) is 0 Å². The monoisotopic (exact) mass is 268 g/mol. The first-order valence-corrected chi connectivity index (χ1v) is 8.41. The number of hydrogen-bond acceptors (Lipinski definition) is 3. The maximum Gasteiger partial charge on any atom is 0.226 e. The topological polar surface area (TPSA) is 32.3 Å². The quantitative estimate of drug-likeness (QED) is 0.828. The molecule has 4 heteroatoms. The molecule has 0 aromatic carbocycles. The predicted octanol–water partition coefficient (Wildman–Crippen LogP) is 1.73. The molecule has 2 heterocycles. The van der Waals surface area contributed by atoms with E-state index in [1.54, 1.807) is 0 Å². The van der Waals surface area contributed by atoms with Crippen molar-refractivity contribution in [2.45, 2.75) is 37.9 Å². The van der Waals surface area contributed by atoms with Crippen molar-refractivity contribution >= 4 is 17.7 Å². The largest absolute Gasteiger partial charge is 0.341 e. The number of piperidine rings is 1. The molecular weight excluding hydrogens is 244 g/mol. The second-order valence-corrected chi connectivity index (χ2v) is 7.46. The van der Waals surface area contributed by atoms with Gasteiger partial charge in [-0.2, -0.15) is 11.8 Å². The Morgan fingerprint density at radius 1 is 1.44 bits per heavy atom. The van der Waals surface area contributed by atoms with Crippen LogP contribution in [0.25, 0.3) is 0 Å². The molecule has 102 valence electrons. The van der Waals surface area contributed by atoms with Gasteiger partial charge in [-0.25, -0.2) is 0 Å². The van der Waals surface area contributed by atoms with Gasteiger partial charge in [-0.1, -0.05) is 6.92 Å². The predicted molar refractivity (Wildman–Crippen MR) is 75.8 cm³/mol. The summed E-state index contributed by atoms with van der Waals surface area (Å²) in [6, 6.07) is 0. The zero-order chi connectivity index (χ0) is 12.6. The Labute approximate surface area is 114 Å². The molecule has 2 aliphatic heterocycles. The minimum absolute atomic E-state index is 0.361. The standard InChI is InChI=1S/C14H24N2OS/c1-2-11-10-16(7-8-18-11)13(17)12-9-14(12)3-5-15-6-4-14/h11-12,15H,2-10H2,1H3. The second-order valence-electron chi connectivity index (χ2n) is 6.05. The first kappa shape index (κ1) is 12.8. The highest BCUT2D eigenvalue weighted by molar-refractivity contribution is 8.00. The van der Waals surface area contributed by atoms with Crippen LogP contribution in [0.1, 0.15) is 32.6 Å². The fraction of sp³-hybridized carbons (Fsp3) is 0.929. The van der Waals surface area contributed by atoms with E-state index in [9.17, 15) is 4.79 Å². The molecule has 3 aliphatic rings. The average molecular weight is 268 g/mol. The lowest BCUT2D eigenvalue weighted by Crippen LogP contribution is -2.43. The first-order valence-electron chi connectivity index (χ1n) is 7.36. The number of amides is 1. The zero-order valence-corrected chi connectivity index (χ0v) is 12.1. The molecule has 1 aliphatic carbocycles. The van der Waals surface area contributed by atoms with E-state index >= 15 is 0 Å². The Bertz CT molecular complexity index is 324. The molecule has 2 atom stereocenters. The van der Waals surface area contributed by atoms with E-state index in [0.717, 1.165) is 38.4 Å². The van der Waals surface area contributed by atoms with Gasteiger partial charge in [-0.15, -0.1) is 0 Å². The molecule has 1 saturated carbocycles. The van der Waals surface area contributed by atoms with Crippen LogP contribution in [0.3, 0.4) is 0 Å². The fourth-order valence-electron chi connectivity index (χ4n) is 3.56. The van der Waals surface area contributed by atoms with Gasteiger partial charge in [0.1, 0.15) is 0 Å². The molecule has 3 rings (SSSR count). The van der Waals surface area contributed by atoms with Gasteiger partial charge in [0.25, 0.3) is 0 Å². The Balaban J connectivity index is 1.58. The van der Waals surface area contributed by atoms with Gasteiger partial charge < -0.3 is 10.2 Å². The van der Waals surface area contributed by atoms with Crippen molar-refractivity contribution in [2.75, 3.05) is 31.9 Å². The van der Waals surface area contributed by atoms with Crippen LogP contribution in [0.2, 0.25) is 0 Å². The van der Waals surface area contributed by atoms with Crippen LogP contribution >= 0.6 is 11.8 Å². The van der Waals surface area contributed by atoms with Crippen LogP contribution in [0.5, 0.6) is 0 Å². The van der Waals surface area contributed by atoms with Gasteiger partial charge in [0.15, 0.2) is 0 Å². The van der Waals surface area contributed by atoms with Crippen molar-refractivity contribution in [1.82, 2.24) is 10.2 Å². The third-order valence-corrected chi connectivity index (χ3v) is 6.37. The third kappa shape index (κ3) is 2.29. The van der Waals surface area contributed by atoms with Gasteiger partial charge in [0.05, 0.1) is 0 Å². The van der Waals surface area contributed by atoms with Crippen LogP contribution < -0.4 is 5.32 Å². The maximum absolute atomic E-state index is 12.6. The summed E-state index contributed by atoms with van der Waals surface area (Å²) in [6.45, 7) is 6.42. The Kier molecular flexibility index (Phi) is 3.59. The fourth-order valence-corrected chi connectivity index (χ4v) is 4.74. The molecular formula is C14H24N2OS. The van der Waals surface area contributed by atoms with Crippen molar-refractivity contribution in [2.24, 2.45) is 11.3 Å². The molecule has 0 aromatic heterocycles. The van der Waals surface area contributed by atoms with Gasteiger partial charge in [0.2, 0.25) is 5.91 Å². The number of nitrogens with zero attached hydrogens (tertiary/aromatic N) is 1. The van der Waals surface area contributed by atoms with Gasteiger partial charge in [-0.3, -0.25) is 4.79 Å². The number of carbonyl (C=O) groups excluding carboxylic acids is 1. The summed E-state index contributed by atoms with van der Waals surface area (Å²) in [7, 11) is 0. The van der Waals surface area contributed by atoms with E-state index in [2.05, 4.69) is 17.1 Å². The molecule has 0 bridgehead atoms. The zero-order valence-electron chi connectivity index (χ0n) is 11.3. The number of carbonyl (C=O) groups is 1. The first-order chi connectivity index (χ1) is 8.75. The lowest BCUT2D eigenvalue weighted by Gasteiger charge is -2.33. The number of rotatable bonds is 2. The van der Waals surface area contributed by atoms with Crippen molar-refractivity contribution in [1.29, 1.82) is 0 Å². The smallest absolute Gasteiger partial charge is 0.226 e. The van der Waals surface area contributed by atoms with Gasteiger partial charge >= 0.3 is 0 Å². The van der Waals surface area contributed by atoms with E-state index in [0.29, 0.717) is 22.5 Å². The summed E-state index contributed by atoms with van der Waals surface area (Å²) in [5, 5.41) is 4.08. The van der Waals surface area contributed by atoms with Gasteiger partial charge in [-0.05, 0) is 44.2 Å². The summed E-state index contributed by atoms with van der Waals surface area (Å²) < 4.78 is 0. The highest BCUT2D eigenvalue weighted by Gasteiger charge is 2.58. The van der Waals surface area contributed by atoms with Crippen LogP contribution in [-0.2, 0) is 4.79 Å². The summed E-state index contributed by atoms with van der Waals surface area (Å²) in [6.07, 6.45) is 4.77. The second kappa shape index (κ2) is 5.04. The molecule has 0 radical (unpaired) electrons. The number of nitrogens with one attached hydrogen (secondary N) is 1. The normalized spacial score (nSPS) is 34.6. The average Bonchev–Trinajstić information content (AvgIpc) is 3.12. The minimum Gasteiger partial charge on any atom is -0.341 e.